The Morgan fingerprint density at radius 1 is 1.35 bits per heavy atom. The number of aromatic nitrogens is 4. The summed E-state index contributed by atoms with van der Waals surface area (Å²) in [7, 11) is 0. The van der Waals surface area contributed by atoms with E-state index in [2.05, 4.69) is 25.7 Å². The van der Waals surface area contributed by atoms with Gasteiger partial charge in [-0.3, -0.25) is 4.98 Å². The van der Waals surface area contributed by atoms with Gasteiger partial charge in [0.25, 0.3) is 0 Å². The zero-order valence-electron chi connectivity index (χ0n) is 13.3. The van der Waals surface area contributed by atoms with Crippen molar-refractivity contribution in [2.75, 3.05) is 10.6 Å². The number of fused-ring (bicyclic) bond motifs is 1. The third-order valence-electron chi connectivity index (χ3n) is 3.47. The molecule has 136 valence electrons. The maximum atomic E-state index is 12.7. The fraction of sp³-hybridized carbons (Fsp3) is 0.200. The number of pyridine rings is 1. The lowest BCUT2D eigenvalue weighted by Gasteiger charge is -2.12. The summed E-state index contributed by atoms with van der Waals surface area (Å²) in [6.07, 6.45) is -0.163. The van der Waals surface area contributed by atoms with E-state index in [-0.39, 0.29) is 10.8 Å². The minimum Gasteiger partial charge on any atom is -0.308 e. The van der Waals surface area contributed by atoms with Gasteiger partial charge in [-0.15, -0.1) is 0 Å². The Morgan fingerprint density at radius 3 is 2.81 bits per heavy atom. The summed E-state index contributed by atoms with van der Waals surface area (Å²) in [6, 6.07) is 1.28. The zero-order chi connectivity index (χ0) is 18.9. The van der Waals surface area contributed by atoms with Crippen molar-refractivity contribution in [2.45, 2.75) is 19.5 Å². The van der Waals surface area contributed by atoms with E-state index in [1.165, 1.54) is 23.0 Å². The highest BCUT2D eigenvalue weighted by Gasteiger charge is 2.32. The fourth-order valence-electron chi connectivity index (χ4n) is 2.36. The topological polar surface area (TPSA) is 84.2 Å². The number of halogens is 4. The molecule has 0 fully saturated rings. The molecule has 3 rings (SSSR count). The lowest BCUT2D eigenvalue weighted by atomic mass is 10.2. The lowest BCUT2D eigenvalue weighted by Crippen LogP contribution is -2.21. The number of carbonyl (C=O) groups is 1. The second-order valence-corrected chi connectivity index (χ2v) is 5.62. The van der Waals surface area contributed by atoms with Gasteiger partial charge in [-0.05, 0) is 18.6 Å². The zero-order valence-corrected chi connectivity index (χ0v) is 14.1. The predicted octanol–water partition coefficient (Wildman–Crippen LogP) is 4.00. The number of amides is 2. The minimum atomic E-state index is -4.60. The van der Waals surface area contributed by atoms with E-state index in [0.29, 0.717) is 23.3 Å². The van der Waals surface area contributed by atoms with Crippen molar-refractivity contribution in [3.05, 3.63) is 47.1 Å². The second-order valence-electron chi connectivity index (χ2n) is 5.23. The number of anilines is 2. The number of urea groups is 1. The van der Waals surface area contributed by atoms with Crippen LogP contribution >= 0.6 is 11.6 Å². The smallest absolute Gasteiger partial charge is 0.308 e. The Bertz CT molecular complexity index is 972. The molecule has 0 radical (unpaired) electrons. The van der Waals surface area contributed by atoms with E-state index < -0.39 is 17.9 Å². The fourth-order valence-corrected chi connectivity index (χ4v) is 2.53. The molecule has 2 N–H and O–H groups in total. The van der Waals surface area contributed by atoms with Gasteiger partial charge in [-0.1, -0.05) is 18.5 Å². The van der Waals surface area contributed by atoms with Crippen molar-refractivity contribution in [3.8, 4) is 0 Å². The van der Waals surface area contributed by atoms with Crippen LogP contribution in [-0.4, -0.2) is 25.6 Å². The number of hydrogen-bond donors (Lipinski definition) is 2. The van der Waals surface area contributed by atoms with Gasteiger partial charge in [0.1, 0.15) is 10.8 Å². The van der Waals surface area contributed by atoms with Gasteiger partial charge in [0.2, 0.25) is 0 Å². The first-order chi connectivity index (χ1) is 12.3. The van der Waals surface area contributed by atoms with Gasteiger partial charge < -0.3 is 10.6 Å². The average Bonchev–Trinajstić information content (AvgIpc) is 2.94. The number of rotatable bonds is 3. The third-order valence-corrected chi connectivity index (χ3v) is 3.66. The highest BCUT2D eigenvalue weighted by atomic mass is 35.5. The Balaban J connectivity index is 1.81. The maximum Gasteiger partial charge on any atom is 0.433 e. The largest absolute Gasteiger partial charge is 0.433 e. The van der Waals surface area contributed by atoms with Gasteiger partial charge in [-0.25, -0.2) is 14.3 Å². The van der Waals surface area contributed by atoms with Crippen LogP contribution in [0.5, 0.6) is 0 Å². The third kappa shape index (κ3) is 3.69. The van der Waals surface area contributed by atoms with Crippen molar-refractivity contribution < 1.29 is 18.0 Å². The number of imidazole rings is 1. The van der Waals surface area contributed by atoms with E-state index in [0.717, 1.165) is 12.3 Å². The first-order valence-electron chi connectivity index (χ1n) is 7.42. The second kappa shape index (κ2) is 6.79. The van der Waals surface area contributed by atoms with E-state index in [4.69, 9.17) is 11.6 Å². The van der Waals surface area contributed by atoms with Crippen LogP contribution in [0.1, 0.15) is 18.2 Å². The van der Waals surface area contributed by atoms with Gasteiger partial charge >= 0.3 is 12.2 Å². The standard InChI is InChI=1S/C15H12ClF3N6O/c1-2-9-10(6-21-25-7-12(16)24-13(9)25)23-14(26)22-8-3-4-20-11(5-8)15(17,18)19/h3-7H,2H2,1H3,(H2,20,22,23,26). The Kier molecular flexibility index (Phi) is 4.68. The van der Waals surface area contributed by atoms with Gasteiger partial charge in [-0.2, -0.15) is 18.3 Å². The van der Waals surface area contributed by atoms with E-state index in [1.807, 2.05) is 6.92 Å². The SMILES string of the molecule is CCc1c(NC(=O)Nc2ccnc(C(F)(F)F)c2)cnn2cc(Cl)nc12. The van der Waals surface area contributed by atoms with Crippen molar-refractivity contribution >= 4 is 34.7 Å². The molecule has 0 saturated carbocycles. The first kappa shape index (κ1) is 17.9. The highest BCUT2D eigenvalue weighted by molar-refractivity contribution is 6.29. The molecule has 7 nitrogen and oxygen atoms in total. The Labute approximate surface area is 150 Å². The molecule has 0 bridgehead atoms. The summed E-state index contributed by atoms with van der Waals surface area (Å²) in [5.41, 5.74) is 0.414. The van der Waals surface area contributed by atoms with Crippen LogP contribution in [0.3, 0.4) is 0 Å². The monoisotopic (exact) mass is 384 g/mol. The number of nitrogens with one attached hydrogen (secondary N) is 2. The van der Waals surface area contributed by atoms with E-state index in [1.54, 1.807) is 0 Å². The van der Waals surface area contributed by atoms with Crippen LogP contribution in [-0.2, 0) is 12.6 Å². The van der Waals surface area contributed by atoms with E-state index >= 15 is 0 Å². The summed E-state index contributed by atoms with van der Waals surface area (Å²) >= 11 is 5.86. The highest BCUT2D eigenvalue weighted by Crippen LogP contribution is 2.29. The number of alkyl halides is 3. The molecular formula is C15H12ClF3N6O. The molecule has 11 heteroatoms. The molecule has 0 saturated heterocycles. The van der Waals surface area contributed by atoms with Crippen molar-refractivity contribution in [3.63, 3.8) is 0 Å². The summed E-state index contributed by atoms with van der Waals surface area (Å²) < 4.78 is 39.5. The molecule has 0 unspecified atom stereocenters. The van der Waals surface area contributed by atoms with Crippen molar-refractivity contribution in [1.29, 1.82) is 0 Å². The first-order valence-corrected chi connectivity index (χ1v) is 7.79. The number of nitrogens with zero attached hydrogens (tertiary/aromatic N) is 4. The average molecular weight is 385 g/mol. The Hall–Kier alpha value is -2.88. The number of hydrogen-bond acceptors (Lipinski definition) is 4. The summed E-state index contributed by atoms with van der Waals surface area (Å²) in [6.45, 7) is 1.86. The molecule has 2 amide bonds. The van der Waals surface area contributed by atoms with Gasteiger partial charge in [0.05, 0.1) is 18.1 Å². The molecule has 0 aliphatic carbocycles. The molecule has 3 heterocycles. The van der Waals surface area contributed by atoms with Crippen LogP contribution in [0.25, 0.3) is 5.65 Å². The molecule has 26 heavy (non-hydrogen) atoms. The number of aryl methyl sites for hydroxylation is 1. The minimum absolute atomic E-state index is 0.0410. The van der Waals surface area contributed by atoms with Crippen LogP contribution in [0.2, 0.25) is 5.15 Å². The summed E-state index contributed by atoms with van der Waals surface area (Å²) in [4.78, 5) is 19.5. The molecule has 3 aromatic heterocycles. The normalized spacial score (nSPS) is 11.6. The molecule has 0 atom stereocenters. The molecular weight excluding hydrogens is 373 g/mol. The van der Waals surface area contributed by atoms with Crippen LogP contribution in [0.15, 0.2) is 30.7 Å². The van der Waals surface area contributed by atoms with Crippen molar-refractivity contribution in [2.24, 2.45) is 0 Å². The van der Waals surface area contributed by atoms with Crippen LogP contribution in [0.4, 0.5) is 29.3 Å². The predicted molar refractivity (Wildman–Crippen MR) is 89.3 cm³/mol. The molecule has 0 spiro atoms. The molecule has 0 aromatic carbocycles. The molecule has 3 aromatic rings. The van der Waals surface area contributed by atoms with Crippen molar-refractivity contribution in [1.82, 2.24) is 19.6 Å². The van der Waals surface area contributed by atoms with E-state index in [9.17, 15) is 18.0 Å². The van der Waals surface area contributed by atoms with Crippen LogP contribution in [0, 0.1) is 0 Å². The maximum absolute atomic E-state index is 12.7. The summed E-state index contributed by atoms with van der Waals surface area (Å²) in [5, 5.41) is 9.24. The summed E-state index contributed by atoms with van der Waals surface area (Å²) in [5.74, 6) is 0. The van der Waals surface area contributed by atoms with Gasteiger partial charge in [0.15, 0.2) is 5.65 Å². The molecule has 0 aliphatic heterocycles. The quantitative estimate of drug-likeness (QED) is 0.714. The Morgan fingerprint density at radius 2 is 2.12 bits per heavy atom. The van der Waals surface area contributed by atoms with Crippen LogP contribution < -0.4 is 10.6 Å². The molecule has 0 aliphatic rings. The lowest BCUT2D eigenvalue weighted by molar-refractivity contribution is -0.141. The van der Waals surface area contributed by atoms with Gasteiger partial charge in [0, 0.05) is 17.4 Å². The number of carbonyl (C=O) groups excluding carboxylic acids is 1.